The van der Waals surface area contributed by atoms with Gasteiger partial charge in [-0.05, 0) is 51.4 Å². The summed E-state index contributed by atoms with van der Waals surface area (Å²) in [6.07, 6.45) is 2.24. The van der Waals surface area contributed by atoms with Gasteiger partial charge in [0.25, 0.3) is 5.91 Å². The van der Waals surface area contributed by atoms with Crippen molar-refractivity contribution in [1.29, 1.82) is 0 Å². The molecule has 1 N–H and O–H groups in total. The first kappa shape index (κ1) is 18.0. The van der Waals surface area contributed by atoms with Gasteiger partial charge in [0, 0.05) is 18.5 Å². The summed E-state index contributed by atoms with van der Waals surface area (Å²) >= 11 is 1.45. The van der Waals surface area contributed by atoms with E-state index in [-0.39, 0.29) is 18.3 Å². The lowest BCUT2D eigenvalue weighted by molar-refractivity contribution is 0.0669. The molecule has 0 bridgehead atoms. The van der Waals surface area contributed by atoms with E-state index in [9.17, 15) is 4.79 Å². The fourth-order valence-corrected chi connectivity index (χ4v) is 3.66. The number of furan rings is 1. The van der Waals surface area contributed by atoms with E-state index in [0.717, 1.165) is 42.6 Å². The molecule has 0 aliphatic carbocycles. The Balaban J connectivity index is 0.00000192. The molecule has 1 aliphatic heterocycles. The third-order valence-electron chi connectivity index (χ3n) is 3.97. The van der Waals surface area contributed by atoms with E-state index in [4.69, 9.17) is 4.42 Å². The van der Waals surface area contributed by atoms with E-state index in [1.165, 1.54) is 17.8 Å². The summed E-state index contributed by atoms with van der Waals surface area (Å²) in [5, 5.41) is 5.80. The second-order valence-electron chi connectivity index (χ2n) is 5.77. The zero-order valence-corrected chi connectivity index (χ0v) is 15.0. The van der Waals surface area contributed by atoms with Crippen molar-refractivity contribution in [1.82, 2.24) is 15.2 Å². The minimum Gasteiger partial charge on any atom is -0.459 e. The van der Waals surface area contributed by atoms with Gasteiger partial charge in [-0.1, -0.05) is 0 Å². The molecule has 5 nitrogen and oxygen atoms in total. The fraction of sp³-hybridized carbons (Fsp3) is 0.500. The molecule has 2 aromatic heterocycles. The van der Waals surface area contributed by atoms with Crippen LogP contribution in [0.5, 0.6) is 0 Å². The number of aryl methyl sites for hydroxylation is 1. The number of aromatic nitrogens is 1. The Morgan fingerprint density at radius 1 is 1.52 bits per heavy atom. The number of likely N-dealkylation sites (tertiary alicyclic amines) is 1. The van der Waals surface area contributed by atoms with Crippen LogP contribution < -0.4 is 5.32 Å². The predicted octanol–water partition coefficient (Wildman–Crippen LogP) is 3.20. The maximum atomic E-state index is 12.6. The van der Waals surface area contributed by atoms with E-state index in [2.05, 4.69) is 10.3 Å². The van der Waals surface area contributed by atoms with Crippen molar-refractivity contribution in [3.8, 4) is 10.8 Å². The average Bonchev–Trinajstić information content (AvgIpc) is 3.16. The summed E-state index contributed by atoms with van der Waals surface area (Å²) in [6.45, 7) is 4.49. The van der Waals surface area contributed by atoms with Crippen molar-refractivity contribution in [2.75, 3.05) is 26.7 Å². The monoisotopic (exact) mass is 355 g/mol. The maximum Gasteiger partial charge on any atom is 0.273 e. The smallest absolute Gasteiger partial charge is 0.273 e. The molecule has 0 saturated carbocycles. The zero-order chi connectivity index (χ0) is 15.5. The Labute approximate surface area is 146 Å². The SMILES string of the molecule is CNCC1CCCN(C(=O)c2csc(-c3ccc(C)o3)n2)C1.Cl. The van der Waals surface area contributed by atoms with Gasteiger partial charge in [-0.3, -0.25) is 4.79 Å². The minimum atomic E-state index is 0. The van der Waals surface area contributed by atoms with E-state index in [1.807, 2.05) is 36.4 Å². The Morgan fingerprint density at radius 3 is 3.04 bits per heavy atom. The normalized spacial score (nSPS) is 17.8. The number of hydrogen-bond acceptors (Lipinski definition) is 5. The Kier molecular flexibility index (Phi) is 6.21. The third kappa shape index (κ3) is 4.13. The first-order chi connectivity index (χ1) is 10.7. The van der Waals surface area contributed by atoms with Gasteiger partial charge in [-0.15, -0.1) is 23.7 Å². The molecule has 1 unspecified atom stereocenters. The minimum absolute atomic E-state index is 0. The van der Waals surface area contributed by atoms with Crippen LogP contribution in [0.2, 0.25) is 0 Å². The molecule has 0 aromatic carbocycles. The lowest BCUT2D eigenvalue weighted by Gasteiger charge is -2.32. The Bertz CT molecular complexity index is 653. The summed E-state index contributed by atoms with van der Waals surface area (Å²) in [5.41, 5.74) is 0.527. The summed E-state index contributed by atoms with van der Waals surface area (Å²) in [5.74, 6) is 2.15. The van der Waals surface area contributed by atoms with Crippen molar-refractivity contribution in [2.45, 2.75) is 19.8 Å². The zero-order valence-electron chi connectivity index (χ0n) is 13.4. The van der Waals surface area contributed by atoms with Crippen LogP contribution in [-0.2, 0) is 0 Å². The molecule has 0 spiro atoms. The highest BCUT2D eigenvalue weighted by Gasteiger charge is 2.25. The number of nitrogens with one attached hydrogen (secondary N) is 1. The summed E-state index contributed by atoms with van der Waals surface area (Å²) in [4.78, 5) is 19.0. The molecule has 3 heterocycles. The number of amides is 1. The molecule has 1 atom stereocenters. The third-order valence-corrected chi connectivity index (χ3v) is 4.83. The summed E-state index contributed by atoms with van der Waals surface area (Å²) < 4.78 is 5.57. The average molecular weight is 356 g/mol. The molecule has 0 radical (unpaired) electrons. The molecular formula is C16H22ClN3O2S. The van der Waals surface area contributed by atoms with Crippen molar-refractivity contribution in [3.63, 3.8) is 0 Å². The second-order valence-corrected chi connectivity index (χ2v) is 6.62. The molecule has 126 valence electrons. The molecule has 1 aliphatic rings. The maximum absolute atomic E-state index is 12.6. The number of carbonyl (C=O) groups is 1. The highest BCUT2D eigenvalue weighted by atomic mass is 35.5. The van der Waals surface area contributed by atoms with Gasteiger partial charge in [-0.25, -0.2) is 4.98 Å². The second kappa shape index (κ2) is 7.95. The van der Waals surface area contributed by atoms with E-state index < -0.39 is 0 Å². The number of rotatable bonds is 4. The van der Waals surface area contributed by atoms with Crippen LogP contribution in [0.3, 0.4) is 0 Å². The quantitative estimate of drug-likeness (QED) is 0.914. The van der Waals surface area contributed by atoms with Crippen LogP contribution in [-0.4, -0.2) is 42.5 Å². The van der Waals surface area contributed by atoms with Gasteiger partial charge in [0.2, 0.25) is 0 Å². The van der Waals surface area contributed by atoms with Crippen LogP contribution >= 0.6 is 23.7 Å². The number of carbonyl (C=O) groups excluding carboxylic acids is 1. The van der Waals surface area contributed by atoms with Crippen LogP contribution in [0.4, 0.5) is 0 Å². The van der Waals surface area contributed by atoms with Crippen LogP contribution in [0.1, 0.15) is 29.1 Å². The Morgan fingerprint density at radius 2 is 2.35 bits per heavy atom. The van der Waals surface area contributed by atoms with E-state index >= 15 is 0 Å². The lowest BCUT2D eigenvalue weighted by atomic mass is 9.98. The van der Waals surface area contributed by atoms with Crippen LogP contribution in [0.25, 0.3) is 10.8 Å². The number of hydrogen-bond donors (Lipinski definition) is 1. The van der Waals surface area contributed by atoms with Gasteiger partial charge in [-0.2, -0.15) is 0 Å². The molecule has 23 heavy (non-hydrogen) atoms. The van der Waals surface area contributed by atoms with E-state index in [0.29, 0.717) is 11.6 Å². The van der Waals surface area contributed by atoms with E-state index in [1.54, 1.807) is 0 Å². The highest BCUT2D eigenvalue weighted by molar-refractivity contribution is 7.13. The molecule has 1 fully saturated rings. The number of thiazole rings is 1. The highest BCUT2D eigenvalue weighted by Crippen LogP contribution is 2.26. The summed E-state index contributed by atoms with van der Waals surface area (Å²) in [6, 6.07) is 3.80. The van der Waals surface area contributed by atoms with Crippen molar-refractivity contribution in [3.05, 3.63) is 29.0 Å². The number of halogens is 1. The molecule has 7 heteroatoms. The van der Waals surface area contributed by atoms with Crippen molar-refractivity contribution >= 4 is 29.7 Å². The van der Waals surface area contributed by atoms with Gasteiger partial charge < -0.3 is 14.6 Å². The van der Waals surface area contributed by atoms with Crippen molar-refractivity contribution in [2.24, 2.45) is 5.92 Å². The first-order valence-electron chi connectivity index (χ1n) is 7.63. The van der Waals surface area contributed by atoms with Gasteiger partial charge in [0.1, 0.15) is 11.5 Å². The molecule has 1 amide bonds. The number of piperidine rings is 1. The number of nitrogens with zero attached hydrogens (tertiary/aromatic N) is 2. The molecule has 3 rings (SSSR count). The van der Waals surface area contributed by atoms with Crippen LogP contribution in [0.15, 0.2) is 21.9 Å². The lowest BCUT2D eigenvalue weighted by Crippen LogP contribution is -2.42. The van der Waals surface area contributed by atoms with Crippen molar-refractivity contribution < 1.29 is 9.21 Å². The Hall–Kier alpha value is -1.37. The topological polar surface area (TPSA) is 58.4 Å². The first-order valence-corrected chi connectivity index (χ1v) is 8.51. The summed E-state index contributed by atoms with van der Waals surface area (Å²) in [7, 11) is 1.96. The van der Waals surface area contributed by atoms with Gasteiger partial charge in [0.15, 0.2) is 10.8 Å². The van der Waals surface area contributed by atoms with Gasteiger partial charge >= 0.3 is 0 Å². The van der Waals surface area contributed by atoms with Crippen LogP contribution in [0, 0.1) is 12.8 Å². The van der Waals surface area contributed by atoms with Gasteiger partial charge in [0.05, 0.1) is 0 Å². The molecule has 2 aromatic rings. The predicted molar refractivity (Wildman–Crippen MR) is 94.4 cm³/mol. The molecular weight excluding hydrogens is 334 g/mol. The standard InChI is InChI=1S/C16H21N3O2S.ClH/c1-11-5-6-14(21-11)15-18-13(10-22-15)16(20)19-7-3-4-12(9-19)8-17-2;/h5-6,10,12,17H,3-4,7-9H2,1-2H3;1H. The molecule has 1 saturated heterocycles. The largest absolute Gasteiger partial charge is 0.459 e. The fourth-order valence-electron chi connectivity index (χ4n) is 2.90.